The summed E-state index contributed by atoms with van der Waals surface area (Å²) >= 11 is 0. The second-order valence-corrected chi connectivity index (χ2v) is 4.64. The van der Waals surface area contributed by atoms with Crippen LogP contribution in [-0.2, 0) is 6.61 Å². The van der Waals surface area contributed by atoms with Crippen molar-refractivity contribution in [1.29, 1.82) is 0 Å². The minimum atomic E-state index is -0.761. The molecule has 0 spiro atoms. The molecule has 1 atom stereocenters. The van der Waals surface area contributed by atoms with Crippen molar-refractivity contribution in [3.8, 4) is 5.75 Å². The molecule has 100 valence electrons. The second kappa shape index (κ2) is 5.85. The van der Waals surface area contributed by atoms with Crippen molar-refractivity contribution in [2.24, 2.45) is 0 Å². The Bertz CT molecular complexity index is 564. The van der Waals surface area contributed by atoms with Crippen LogP contribution in [0.1, 0.15) is 29.7 Å². The predicted octanol–water partition coefficient (Wildman–Crippen LogP) is 3.77. The Labute approximate surface area is 112 Å². The molecule has 1 unspecified atom stereocenters. The van der Waals surface area contributed by atoms with Gasteiger partial charge in [0.05, 0.1) is 6.10 Å². The van der Waals surface area contributed by atoms with Gasteiger partial charge in [0.1, 0.15) is 18.2 Å². The molecule has 2 rings (SSSR count). The van der Waals surface area contributed by atoms with Gasteiger partial charge in [-0.15, -0.1) is 0 Å². The van der Waals surface area contributed by atoms with Crippen molar-refractivity contribution in [2.45, 2.75) is 26.6 Å². The highest BCUT2D eigenvalue weighted by molar-refractivity contribution is 5.35. The summed E-state index contributed by atoms with van der Waals surface area (Å²) in [6.45, 7) is 4.00. The maximum Gasteiger partial charge on any atom is 0.125 e. The smallest absolute Gasteiger partial charge is 0.125 e. The SMILES string of the molecule is Cc1cccc(COc2ccc(F)cc2C(C)O)c1. The molecule has 0 bridgehead atoms. The van der Waals surface area contributed by atoms with E-state index in [4.69, 9.17) is 4.74 Å². The Kier molecular flexibility index (Phi) is 4.17. The van der Waals surface area contributed by atoms with Gasteiger partial charge in [-0.05, 0) is 37.6 Å². The average molecular weight is 260 g/mol. The molecule has 0 aliphatic rings. The van der Waals surface area contributed by atoms with Crippen molar-refractivity contribution in [2.75, 3.05) is 0 Å². The van der Waals surface area contributed by atoms with Crippen molar-refractivity contribution in [3.63, 3.8) is 0 Å². The monoisotopic (exact) mass is 260 g/mol. The Balaban J connectivity index is 2.15. The van der Waals surface area contributed by atoms with E-state index in [0.717, 1.165) is 11.1 Å². The molecule has 19 heavy (non-hydrogen) atoms. The van der Waals surface area contributed by atoms with Crippen LogP contribution in [0.4, 0.5) is 4.39 Å². The third-order valence-electron chi connectivity index (χ3n) is 2.90. The summed E-state index contributed by atoms with van der Waals surface area (Å²) in [5, 5.41) is 9.62. The molecular weight excluding hydrogens is 243 g/mol. The van der Waals surface area contributed by atoms with Crippen LogP contribution in [0.5, 0.6) is 5.75 Å². The summed E-state index contributed by atoms with van der Waals surface area (Å²) in [5.74, 6) is 0.136. The molecule has 0 heterocycles. The Morgan fingerprint density at radius 1 is 1.21 bits per heavy atom. The lowest BCUT2D eigenvalue weighted by Crippen LogP contribution is -2.01. The summed E-state index contributed by atoms with van der Waals surface area (Å²) < 4.78 is 18.8. The Morgan fingerprint density at radius 3 is 2.68 bits per heavy atom. The number of aliphatic hydroxyl groups excluding tert-OH is 1. The third-order valence-corrected chi connectivity index (χ3v) is 2.90. The lowest BCUT2D eigenvalue weighted by Gasteiger charge is -2.13. The van der Waals surface area contributed by atoms with E-state index < -0.39 is 6.10 Å². The van der Waals surface area contributed by atoms with Crippen molar-refractivity contribution < 1.29 is 14.2 Å². The van der Waals surface area contributed by atoms with Crippen LogP contribution >= 0.6 is 0 Å². The van der Waals surface area contributed by atoms with Gasteiger partial charge in [0.25, 0.3) is 0 Å². The Morgan fingerprint density at radius 2 is 2.00 bits per heavy atom. The molecule has 0 saturated carbocycles. The Hall–Kier alpha value is -1.87. The van der Waals surface area contributed by atoms with Gasteiger partial charge in [-0.3, -0.25) is 0 Å². The fourth-order valence-electron chi connectivity index (χ4n) is 1.94. The van der Waals surface area contributed by atoms with E-state index in [9.17, 15) is 9.50 Å². The van der Waals surface area contributed by atoms with Gasteiger partial charge in [-0.2, -0.15) is 0 Å². The van der Waals surface area contributed by atoms with Crippen LogP contribution < -0.4 is 4.74 Å². The standard InChI is InChI=1S/C16H17FO2/c1-11-4-3-5-13(8-11)10-19-16-7-6-14(17)9-15(16)12(2)18/h3-9,12,18H,10H2,1-2H3. The molecule has 2 aromatic carbocycles. The molecule has 0 fully saturated rings. The van der Waals surface area contributed by atoms with Crippen LogP contribution in [-0.4, -0.2) is 5.11 Å². The average Bonchev–Trinajstić information content (AvgIpc) is 2.37. The molecule has 3 heteroatoms. The molecule has 2 nitrogen and oxygen atoms in total. The van der Waals surface area contributed by atoms with E-state index in [2.05, 4.69) is 0 Å². The maximum atomic E-state index is 13.2. The highest BCUT2D eigenvalue weighted by Crippen LogP contribution is 2.26. The number of aliphatic hydroxyl groups is 1. The zero-order chi connectivity index (χ0) is 13.8. The van der Waals surface area contributed by atoms with Gasteiger partial charge in [-0.1, -0.05) is 29.8 Å². The zero-order valence-electron chi connectivity index (χ0n) is 11.1. The molecule has 0 aliphatic carbocycles. The van der Waals surface area contributed by atoms with E-state index in [-0.39, 0.29) is 5.82 Å². The van der Waals surface area contributed by atoms with E-state index in [1.54, 1.807) is 13.0 Å². The van der Waals surface area contributed by atoms with Crippen LogP contribution in [0.15, 0.2) is 42.5 Å². The van der Waals surface area contributed by atoms with Crippen molar-refractivity contribution >= 4 is 0 Å². The van der Waals surface area contributed by atoms with E-state index in [0.29, 0.717) is 17.9 Å². The molecule has 1 N–H and O–H groups in total. The summed E-state index contributed by atoms with van der Waals surface area (Å²) in [6.07, 6.45) is -0.761. The third kappa shape index (κ3) is 3.55. The largest absolute Gasteiger partial charge is 0.489 e. The molecular formula is C16H17FO2. The fourth-order valence-corrected chi connectivity index (χ4v) is 1.94. The lowest BCUT2D eigenvalue weighted by molar-refractivity contribution is 0.189. The lowest BCUT2D eigenvalue weighted by atomic mass is 10.1. The van der Waals surface area contributed by atoms with Crippen molar-refractivity contribution in [3.05, 3.63) is 65.0 Å². The fraction of sp³-hybridized carbons (Fsp3) is 0.250. The summed E-state index contributed by atoms with van der Waals surface area (Å²) in [5.41, 5.74) is 2.67. The van der Waals surface area contributed by atoms with Gasteiger partial charge in [0.2, 0.25) is 0 Å². The van der Waals surface area contributed by atoms with Crippen molar-refractivity contribution in [1.82, 2.24) is 0 Å². The van der Waals surface area contributed by atoms with Gasteiger partial charge in [0, 0.05) is 5.56 Å². The minimum Gasteiger partial charge on any atom is -0.489 e. The van der Waals surface area contributed by atoms with Gasteiger partial charge >= 0.3 is 0 Å². The van der Waals surface area contributed by atoms with Crippen LogP contribution in [0.3, 0.4) is 0 Å². The first-order valence-electron chi connectivity index (χ1n) is 6.22. The number of rotatable bonds is 4. The normalized spacial score (nSPS) is 12.2. The summed E-state index contributed by atoms with van der Waals surface area (Å²) in [6, 6.07) is 12.2. The molecule has 0 radical (unpaired) electrons. The van der Waals surface area contributed by atoms with Gasteiger partial charge in [-0.25, -0.2) is 4.39 Å². The maximum absolute atomic E-state index is 13.2. The number of ether oxygens (including phenoxy) is 1. The van der Waals surface area contributed by atoms with E-state index in [1.165, 1.54) is 12.1 Å². The van der Waals surface area contributed by atoms with Crippen LogP contribution in [0, 0.1) is 12.7 Å². The second-order valence-electron chi connectivity index (χ2n) is 4.64. The first-order chi connectivity index (χ1) is 9.06. The number of halogens is 1. The van der Waals surface area contributed by atoms with Crippen LogP contribution in [0.25, 0.3) is 0 Å². The van der Waals surface area contributed by atoms with Gasteiger partial charge < -0.3 is 9.84 Å². The molecule has 0 amide bonds. The molecule has 0 saturated heterocycles. The first kappa shape index (κ1) is 13.6. The molecule has 2 aromatic rings. The number of aryl methyl sites for hydroxylation is 1. The van der Waals surface area contributed by atoms with Crippen LogP contribution in [0.2, 0.25) is 0 Å². The highest BCUT2D eigenvalue weighted by Gasteiger charge is 2.10. The first-order valence-corrected chi connectivity index (χ1v) is 6.22. The van der Waals surface area contributed by atoms with Gasteiger partial charge in [0.15, 0.2) is 0 Å². The van der Waals surface area contributed by atoms with E-state index in [1.807, 2.05) is 31.2 Å². The molecule has 0 aromatic heterocycles. The highest BCUT2D eigenvalue weighted by atomic mass is 19.1. The molecule has 0 aliphatic heterocycles. The quantitative estimate of drug-likeness (QED) is 0.906. The van der Waals surface area contributed by atoms with E-state index >= 15 is 0 Å². The zero-order valence-corrected chi connectivity index (χ0v) is 11.1. The minimum absolute atomic E-state index is 0.376. The topological polar surface area (TPSA) is 29.5 Å². The number of hydrogen-bond acceptors (Lipinski definition) is 2. The summed E-state index contributed by atoms with van der Waals surface area (Å²) in [7, 11) is 0. The summed E-state index contributed by atoms with van der Waals surface area (Å²) in [4.78, 5) is 0. The number of benzene rings is 2. The number of hydrogen-bond donors (Lipinski definition) is 1. The predicted molar refractivity (Wildman–Crippen MR) is 72.5 cm³/mol.